The van der Waals surface area contributed by atoms with Crippen LogP contribution in [-0.4, -0.2) is 39.0 Å². The van der Waals surface area contributed by atoms with Gasteiger partial charge in [0.05, 0.1) is 25.2 Å². The zero-order valence-electron chi connectivity index (χ0n) is 19.0. The topological polar surface area (TPSA) is 94.1 Å². The highest BCUT2D eigenvalue weighted by molar-refractivity contribution is 7.86. The number of nitrogens with zero attached hydrogens (tertiary/aromatic N) is 1. The number of amides is 1. The lowest BCUT2D eigenvalue weighted by Crippen LogP contribution is -2.27. The van der Waals surface area contributed by atoms with E-state index in [-0.39, 0.29) is 25.4 Å². The minimum Gasteiger partial charge on any atom is -0.374 e. The van der Waals surface area contributed by atoms with Crippen LogP contribution in [0.2, 0.25) is 0 Å². The van der Waals surface area contributed by atoms with Gasteiger partial charge in [-0.1, -0.05) is 91.0 Å². The summed E-state index contributed by atoms with van der Waals surface area (Å²) < 4.78 is 34.0. The highest BCUT2D eigenvalue weighted by Gasteiger charge is 2.18. The Kier molecular flexibility index (Phi) is 9.51. The molecule has 0 aliphatic carbocycles. The lowest BCUT2D eigenvalue weighted by atomic mass is 10.0. The molecule has 7 nitrogen and oxygen atoms in total. The van der Waals surface area contributed by atoms with Gasteiger partial charge in [-0.3, -0.25) is 8.98 Å². The van der Waals surface area contributed by atoms with Crippen molar-refractivity contribution in [2.75, 3.05) is 12.9 Å². The summed E-state index contributed by atoms with van der Waals surface area (Å²) in [6, 6.07) is 28.6. The fourth-order valence-corrected chi connectivity index (χ4v) is 3.89. The smallest absolute Gasteiger partial charge is 0.264 e. The Balaban J connectivity index is 1.60. The monoisotopic (exact) mass is 480 g/mol. The second-order valence-corrected chi connectivity index (χ2v) is 9.29. The molecular weight excluding hydrogens is 452 g/mol. The number of hydrazone groups is 1. The van der Waals surface area contributed by atoms with Gasteiger partial charge in [-0.25, -0.2) is 5.43 Å². The number of ether oxygens (including phenoxy) is 1. The molecular formula is C26H28N2O5S. The third-order valence-corrected chi connectivity index (χ3v) is 5.43. The maximum absolute atomic E-state index is 12.5. The SMILES string of the molecule is CS(=O)(=O)O[C@H](CCC(=O)NN=C(c1ccccc1)c1ccccc1)COCc1ccccc1. The number of rotatable bonds is 12. The number of nitrogens with one attached hydrogen (secondary N) is 1. The van der Waals surface area contributed by atoms with E-state index >= 15 is 0 Å². The Bertz CT molecular complexity index is 1130. The molecule has 1 N–H and O–H groups in total. The summed E-state index contributed by atoms with van der Waals surface area (Å²) in [5.74, 6) is -0.352. The number of benzene rings is 3. The van der Waals surface area contributed by atoms with Crippen molar-refractivity contribution in [2.24, 2.45) is 5.10 Å². The lowest BCUT2D eigenvalue weighted by molar-refractivity contribution is -0.121. The fourth-order valence-electron chi connectivity index (χ4n) is 3.24. The second-order valence-electron chi connectivity index (χ2n) is 7.69. The normalized spacial score (nSPS) is 12.0. The zero-order valence-corrected chi connectivity index (χ0v) is 19.8. The first-order chi connectivity index (χ1) is 16.4. The van der Waals surface area contributed by atoms with Crippen LogP contribution in [0.3, 0.4) is 0 Å². The molecule has 0 aliphatic heterocycles. The summed E-state index contributed by atoms with van der Waals surface area (Å²) in [5, 5.41) is 4.35. The molecule has 3 aromatic rings. The standard InChI is InChI=1S/C26H28N2O5S/c1-34(30,31)33-24(20-32-19-21-11-5-2-6-12-21)17-18-25(29)27-28-26(22-13-7-3-8-14-22)23-15-9-4-10-16-23/h2-16,24H,17-20H2,1H3,(H,27,29)/t24-/m1/s1. The predicted octanol–water partition coefficient (Wildman–Crippen LogP) is 3.90. The summed E-state index contributed by atoms with van der Waals surface area (Å²) in [6.07, 6.45) is 0.383. The van der Waals surface area contributed by atoms with Crippen molar-refractivity contribution in [1.82, 2.24) is 5.43 Å². The van der Waals surface area contributed by atoms with Gasteiger partial charge in [0.2, 0.25) is 5.91 Å². The summed E-state index contributed by atoms with van der Waals surface area (Å²) in [7, 11) is -3.70. The van der Waals surface area contributed by atoms with Crippen LogP contribution in [-0.2, 0) is 30.4 Å². The average molecular weight is 481 g/mol. The first-order valence-corrected chi connectivity index (χ1v) is 12.7. The van der Waals surface area contributed by atoms with Crippen molar-refractivity contribution < 1.29 is 22.1 Å². The van der Waals surface area contributed by atoms with Gasteiger partial charge in [0.25, 0.3) is 10.1 Å². The van der Waals surface area contributed by atoms with Gasteiger partial charge in [-0.15, -0.1) is 0 Å². The van der Waals surface area contributed by atoms with Crippen LogP contribution in [0.4, 0.5) is 0 Å². The molecule has 0 fully saturated rings. The lowest BCUT2D eigenvalue weighted by Gasteiger charge is -2.16. The molecule has 3 rings (SSSR count). The van der Waals surface area contributed by atoms with Gasteiger partial charge in [0.1, 0.15) is 6.10 Å². The van der Waals surface area contributed by atoms with Gasteiger partial charge in [0.15, 0.2) is 0 Å². The molecule has 8 heteroatoms. The van der Waals surface area contributed by atoms with Gasteiger partial charge in [-0.05, 0) is 12.0 Å². The molecule has 34 heavy (non-hydrogen) atoms. The first kappa shape index (κ1) is 25.3. The van der Waals surface area contributed by atoms with E-state index in [2.05, 4.69) is 10.5 Å². The molecule has 0 aliphatic rings. The molecule has 0 radical (unpaired) electrons. The van der Waals surface area contributed by atoms with Crippen LogP contribution in [0.1, 0.15) is 29.5 Å². The van der Waals surface area contributed by atoms with Gasteiger partial charge in [0, 0.05) is 17.5 Å². The predicted molar refractivity (Wildman–Crippen MR) is 132 cm³/mol. The maximum atomic E-state index is 12.5. The van der Waals surface area contributed by atoms with Gasteiger partial charge < -0.3 is 4.74 Å². The molecule has 0 saturated heterocycles. The van der Waals surface area contributed by atoms with E-state index in [0.717, 1.165) is 22.9 Å². The van der Waals surface area contributed by atoms with Crippen molar-refractivity contribution in [3.05, 3.63) is 108 Å². The summed E-state index contributed by atoms with van der Waals surface area (Å²) in [4.78, 5) is 12.5. The second kappa shape index (κ2) is 12.8. The molecule has 1 amide bonds. The van der Waals surface area contributed by atoms with E-state index in [9.17, 15) is 13.2 Å². The molecule has 3 aromatic carbocycles. The van der Waals surface area contributed by atoms with Crippen LogP contribution >= 0.6 is 0 Å². The number of hydrogen-bond acceptors (Lipinski definition) is 6. The van der Waals surface area contributed by atoms with E-state index in [1.807, 2.05) is 91.0 Å². The van der Waals surface area contributed by atoms with E-state index in [0.29, 0.717) is 12.3 Å². The van der Waals surface area contributed by atoms with Crippen molar-refractivity contribution >= 4 is 21.7 Å². The molecule has 0 spiro atoms. The summed E-state index contributed by atoms with van der Waals surface area (Å²) in [6.45, 7) is 0.357. The highest BCUT2D eigenvalue weighted by Crippen LogP contribution is 2.12. The molecule has 0 heterocycles. The minimum atomic E-state index is -3.70. The summed E-state index contributed by atoms with van der Waals surface area (Å²) >= 11 is 0. The average Bonchev–Trinajstić information content (AvgIpc) is 2.84. The number of carbonyl (C=O) groups excluding carboxylic acids is 1. The third kappa shape index (κ3) is 8.90. The van der Waals surface area contributed by atoms with Crippen LogP contribution < -0.4 is 5.43 Å². The van der Waals surface area contributed by atoms with E-state index in [1.54, 1.807) is 0 Å². The largest absolute Gasteiger partial charge is 0.374 e. The molecule has 1 atom stereocenters. The van der Waals surface area contributed by atoms with Crippen molar-refractivity contribution in [2.45, 2.75) is 25.6 Å². The van der Waals surface area contributed by atoms with Crippen LogP contribution in [0.5, 0.6) is 0 Å². The zero-order chi connectivity index (χ0) is 24.2. The Labute approximate surface area is 200 Å². The molecule has 0 aromatic heterocycles. The number of carbonyl (C=O) groups is 1. The highest BCUT2D eigenvalue weighted by atomic mass is 32.2. The van der Waals surface area contributed by atoms with Gasteiger partial charge in [-0.2, -0.15) is 13.5 Å². The van der Waals surface area contributed by atoms with Crippen LogP contribution in [0, 0.1) is 0 Å². The summed E-state index contributed by atoms with van der Waals surface area (Å²) in [5.41, 5.74) is 5.90. The van der Waals surface area contributed by atoms with Crippen molar-refractivity contribution in [1.29, 1.82) is 0 Å². The van der Waals surface area contributed by atoms with E-state index in [4.69, 9.17) is 8.92 Å². The Hall–Kier alpha value is -3.33. The first-order valence-electron chi connectivity index (χ1n) is 10.9. The van der Waals surface area contributed by atoms with Crippen molar-refractivity contribution in [3.8, 4) is 0 Å². The molecule has 0 bridgehead atoms. The maximum Gasteiger partial charge on any atom is 0.264 e. The van der Waals surface area contributed by atoms with Crippen LogP contribution in [0.15, 0.2) is 96.1 Å². The van der Waals surface area contributed by atoms with E-state index in [1.165, 1.54) is 0 Å². The Morgan fingerprint density at radius 3 is 1.94 bits per heavy atom. The minimum absolute atomic E-state index is 0.0231. The van der Waals surface area contributed by atoms with Crippen molar-refractivity contribution in [3.63, 3.8) is 0 Å². The van der Waals surface area contributed by atoms with Crippen LogP contribution in [0.25, 0.3) is 0 Å². The molecule has 0 saturated carbocycles. The quantitative estimate of drug-likeness (QED) is 0.241. The third-order valence-electron chi connectivity index (χ3n) is 4.81. The molecule has 0 unspecified atom stereocenters. The fraction of sp³-hybridized carbons (Fsp3) is 0.231. The number of hydrogen-bond donors (Lipinski definition) is 1. The van der Waals surface area contributed by atoms with E-state index < -0.39 is 16.2 Å². The Morgan fingerprint density at radius 1 is 0.882 bits per heavy atom. The Morgan fingerprint density at radius 2 is 1.41 bits per heavy atom. The molecule has 178 valence electrons. The van der Waals surface area contributed by atoms with Gasteiger partial charge >= 0.3 is 0 Å².